The van der Waals surface area contributed by atoms with E-state index in [4.69, 9.17) is 5.26 Å². The van der Waals surface area contributed by atoms with E-state index in [0.29, 0.717) is 5.41 Å². The second-order valence-corrected chi connectivity index (χ2v) is 4.63. The van der Waals surface area contributed by atoms with Gasteiger partial charge in [0, 0.05) is 19.0 Å². The Balaban J connectivity index is 1.84. The van der Waals surface area contributed by atoms with E-state index < -0.39 is 0 Å². The summed E-state index contributed by atoms with van der Waals surface area (Å²) in [4.78, 5) is 2.57. The minimum Gasteiger partial charge on any atom is -0.300 e. The molecule has 2 heteroatoms. The lowest BCUT2D eigenvalue weighted by Crippen LogP contribution is -2.32. The predicted octanol–water partition coefficient (Wildman–Crippen LogP) is 2.16. The van der Waals surface area contributed by atoms with Gasteiger partial charge in [-0.05, 0) is 37.6 Å². The first-order chi connectivity index (χ1) is 6.29. The van der Waals surface area contributed by atoms with E-state index in [-0.39, 0.29) is 0 Å². The highest BCUT2D eigenvalue weighted by atomic mass is 15.2. The fourth-order valence-electron chi connectivity index (χ4n) is 2.10. The molecule has 2 aliphatic rings. The van der Waals surface area contributed by atoms with Crippen molar-refractivity contribution in [3.05, 3.63) is 0 Å². The molecule has 0 radical (unpaired) electrons. The van der Waals surface area contributed by atoms with Crippen LogP contribution in [0.5, 0.6) is 0 Å². The summed E-state index contributed by atoms with van der Waals surface area (Å²) < 4.78 is 0. The topological polar surface area (TPSA) is 27.0 Å². The van der Waals surface area contributed by atoms with Crippen molar-refractivity contribution < 1.29 is 0 Å². The van der Waals surface area contributed by atoms with E-state index in [1.165, 1.54) is 32.2 Å². The highest BCUT2D eigenvalue weighted by Gasteiger charge is 2.45. The van der Waals surface area contributed by atoms with Crippen molar-refractivity contribution in [3.8, 4) is 6.07 Å². The van der Waals surface area contributed by atoms with Gasteiger partial charge in [-0.25, -0.2) is 0 Å². The average Bonchev–Trinajstić information content (AvgIpc) is 2.96. The van der Waals surface area contributed by atoms with E-state index in [9.17, 15) is 0 Å². The molecule has 0 aromatic carbocycles. The largest absolute Gasteiger partial charge is 0.300 e. The summed E-state index contributed by atoms with van der Waals surface area (Å²) in [5.41, 5.74) is 0.410. The minimum absolute atomic E-state index is 0.410. The molecule has 72 valence electrons. The van der Waals surface area contributed by atoms with Gasteiger partial charge in [-0.3, -0.25) is 0 Å². The van der Waals surface area contributed by atoms with Crippen LogP contribution in [0.15, 0.2) is 0 Å². The molecule has 0 bridgehead atoms. The molecule has 13 heavy (non-hydrogen) atoms. The van der Waals surface area contributed by atoms with Crippen LogP contribution < -0.4 is 0 Å². The molecule has 0 saturated heterocycles. The molecular formula is C11H18N2. The van der Waals surface area contributed by atoms with Crippen molar-refractivity contribution in [2.75, 3.05) is 13.1 Å². The van der Waals surface area contributed by atoms with Gasteiger partial charge in [0.15, 0.2) is 0 Å². The number of nitrogens with zero attached hydrogens (tertiary/aromatic N) is 2. The van der Waals surface area contributed by atoms with Crippen LogP contribution in [0.25, 0.3) is 0 Å². The van der Waals surface area contributed by atoms with Gasteiger partial charge < -0.3 is 4.90 Å². The van der Waals surface area contributed by atoms with Crippen molar-refractivity contribution in [1.82, 2.24) is 4.90 Å². The highest BCUT2D eigenvalue weighted by molar-refractivity contribution is 5.02. The van der Waals surface area contributed by atoms with Gasteiger partial charge in [0.05, 0.1) is 6.07 Å². The number of hydrogen-bond donors (Lipinski definition) is 0. The fourth-order valence-corrected chi connectivity index (χ4v) is 2.10. The highest BCUT2D eigenvalue weighted by Crippen LogP contribution is 2.50. The van der Waals surface area contributed by atoms with Crippen LogP contribution in [-0.4, -0.2) is 24.0 Å². The smallest absolute Gasteiger partial charge is 0.0628 e. The Bertz CT molecular complexity index is 221. The first-order valence-electron chi connectivity index (χ1n) is 5.41. The van der Waals surface area contributed by atoms with Crippen LogP contribution in [-0.2, 0) is 0 Å². The Morgan fingerprint density at radius 3 is 2.54 bits per heavy atom. The lowest BCUT2D eigenvalue weighted by molar-refractivity contribution is 0.221. The maximum atomic E-state index is 8.71. The summed E-state index contributed by atoms with van der Waals surface area (Å²) in [6.07, 6.45) is 6.11. The zero-order chi connectivity index (χ0) is 9.31. The van der Waals surface area contributed by atoms with Gasteiger partial charge in [-0.15, -0.1) is 0 Å². The van der Waals surface area contributed by atoms with E-state index in [1.54, 1.807) is 0 Å². The normalized spacial score (nSPS) is 24.4. The van der Waals surface area contributed by atoms with Gasteiger partial charge in [0.2, 0.25) is 0 Å². The maximum Gasteiger partial charge on any atom is 0.0628 e. The van der Waals surface area contributed by atoms with Crippen molar-refractivity contribution >= 4 is 0 Å². The van der Waals surface area contributed by atoms with E-state index in [1.807, 2.05) is 0 Å². The molecule has 0 amide bonds. The average molecular weight is 178 g/mol. The van der Waals surface area contributed by atoms with E-state index in [2.05, 4.69) is 17.9 Å². The summed E-state index contributed by atoms with van der Waals surface area (Å²) in [5.74, 6) is 0. The van der Waals surface area contributed by atoms with Gasteiger partial charge in [0.1, 0.15) is 0 Å². The Kier molecular flexibility index (Phi) is 2.29. The standard InChI is InChI=1S/C11H18N2/c1-2-13(10-3-4-10)9-11(5-6-11)7-8-12/h10H,2-7,9H2,1H3. The molecule has 0 spiro atoms. The van der Waals surface area contributed by atoms with Crippen LogP contribution >= 0.6 is 0 Å². The molecule has 0 aromatic rings. The van der Waals surface area contributed by atoms with Crippen LogP contribution in [0.4, 0.5) is 0 Å². The lowest BCUT2D eigenvalue weighted by atomic mass is 10.0. The monoisotopic (exact) mass is 178 g/mol. The predicted molar refractivity (Wildman–Crippen MR) is 52.2 cm³/mol. The Morgan fingerprint density at radius 2 is 2.15 bits per heavy atom. The van der Waals surface area contributed by atoms with Crippen LogP contribution in [0.3, 0.4) is 0 Å². The Hall–Kier alpha value is -0.550. The minimum atomic E-state index is 0.410. The summed E-state index contributed by atoms with van der Waals surface area (Å²) in [6, 6.07) is 3.19. The van der Waals surface area contributed by atoms with Crippen LogP contribution in [0.2, 0.25) is 0 Å². The lowest BCUT2D eigenvalue weighted by Gasteiger charge is -2.24. The maximum absolute atomic E-state index is 8.71. The molecule has 2 rings (SSSR count). The third kappa shape index (κ3) is 2.03. The quantitative estimate of drug-likeness (QED) is 0.645. The number of nitriles is 1. The van der Waals surface area contributed by atoms with Crippen molar-refractivity contribution in [2.45, 2.75) is 45.1 Å². The van der Waals surface area contributed by atoms with Crippen LogP contribution in [0.1, 0.15) is 39.0 Å². The van der Waals surface area contributed by atoms with Gasteiger partial charge >= 0.3 is 0 Å². The first kappa shape index (κ1) is 9.02. The molecular weight excluding hydrogens is 160 g/mol. The van der Waals surface area contributed by atoms with E-state index >= 15 is 0 Å². The van der Waals surface area contributed by atoms with Gasteiger partial charge in [-0.2, -0.15) is 5.26 Å². The second-order valence-electron chi connectivity index (χ2n) is 4.63. The van der Waals surface area contributed by atoms with Crippen molar-refractivity contribution in [2.24, 2.45) is 5.41 Å². The van der Waals surface area contributed by atoms with Crippen molar-refractivity contribution in [1.29, 1.82) is 5.26 Å². The summed E-state index contributed by atoms with van der Waals surface area (Å²) in [5, 5.41) is 8.71. The third-order valence-corrected chi connectivity index (χ3v) is 3.42. The molecule has 0 unspecified atom stereocenters. The molecule has 0 N–H and O–H groups in total. The SMILES string of the molecule is CCN(CC1(CC#N)CC1)C1CC1. The molecule has 2 aliphatic carbocycles. The molecule has 2 fully saturated rings. The Labute approximate surface area is 80.5 Å². The zero-order valence-electron chi connectivity index (χ0n) is 8.42. The number of rotatable bonds is 5. The summed E-state index contributed by atoms with van der Waals surface area (Å²) in [7, 11) is 0. The summed E-state index contributed by atoms with van der Waals surface area (Å²) >= 11 is 0. The molecule has 0 aliphatic heterocycles. The first-order valence-corrected chi connectivity index (χ1v) is 5.41. The Morgan fingerprint density at radius 1 is 1.46 bits per heavy atom. The molecule has 0 atom stereocenters. The van der Waals surface area contributed by atoms with Gasteiger partial charge in [-0.1, -0.05) is 6.92 Å². The number of hydrogen-bond acceptors (Lipinski definition) is 2. The van der Waals surface area contributed by atoms with Crippen molar-refractivity contribution in [3.63, 3.8) is 0 Å². The molecule has 2 nitrogen and oxygen atoms in total. The molecule has 0 aromatic heterocycles. The zero-order valence-corrected chi connectivity index (χ0v) is 8.42. The second kappa shape index (κ2) is 3.31. The molecule has 0 heterocycles. The van der Waals surface area contributed by atoms with Crippen LogP contribution in [0, 0.1) is 16.7 Å². The fraction of sp³-hybridized carbons (Fsp3) is 0.909. The third-order valence-electron chi connectivity index (χ3n) is 3.42. The van der Waals surface area contributed by atoms with E-state index in [0.717, 1.165) is 19.0 Å². The summed E-state index contributed by atoms with van der Waals surface area (Å²) in [6.45, 7) is 4.58. The van der Waals surface area contributed by atoms with Gasteiger partial charge in [0.25, 0.3) is 0 Å². The molecule has 2 saturated carbocycles.